The van der Waals surface area contributed by atoms with E-state index in [4.69, 9.17) is 0 Å². The van der Waals surface area contributed by atoms with E-state index in [2.05, 4.69) is 15.0 Å². The second kappa shape index (κ2) is 11.4. The Morgan fingerprint density at radius 3 is 2.31 bits per heavy atom. The average Bonchev–Trinajstić information content (AvgIpc) is 3.25. The number of nitrogens with one attached hydrogen (secondary N) is 1. The number of aromatic amines is 1. The number of nitrogens with zero attached hydrogens (tertiary/aromatic N) is 4. The molecule has 6 rings (SSSR count). The van der Waals surface area contributed by atoms with Crippen LogP contribution in [0.4, 0.5) is 26.3 Å². The molecule has 0 amide bonds. The number of halogens is 8. The van der Waals surface area contributed by atoms with Crippen molar-refractivity contribution in [2.45, 2.75) is 62.8 Å². The summed E-state index contributed by atoms with van der Waals surface area (Å²) in [4.78, 5) is 29.6. The molecular weight excluding hydrogens is 611 g/mol. The summed E-state index contributed by atoms with van der Waals surface area (Å²) in [5.74, 6) is 0.362. The smallest absolute Gasteiger partial charge is 0.302 e. The molecule has 1 N–H and O–H groups in total. The predicted molar refractivity (Wildman–Crippen MR) is 147 cm³/mol. The van der Waals surface area contributed by atoms with Gasteiger partial charge in [-0.05, 0) is 68.7 Å². The fourth-order valence-corrected chi connectivity index (χ4v) is 6.50. The van der Waals surface area contributed by atoms with Gasteiger partial charge in [-0.3, -0.25) is 14.3 Å². The summed E-state index contributed by atoms with van der Waals surface area (Å²) in [6.07, 6.45) is -4.43. The second-order valence-electron chi connectivity index (χ2n) is 11.1. The summed E-state index contributed by atoms with van der Waals surface area (Å²) in [5, 5.41) is 3.76. The van der Waals surface area contributed by atoms with Crippen LogP contribution in [0.3, 0.4) is 0 Å². The minimum absolute atomic E-state index is 0. The summed E-state index contributed by atoms with van der Waals surface area (Å²) >= 11 is 0. The molecule has 3 aromatic rings. The molecule has 42 heavy (non-hydrogen) atoms. The summed E-state index contributed by atoms with van der Waals surface area (Å²) in [6, 6.07) is 5.37. The standard InChI is InChI=1S/C27H27F6N5O2.2ClH/c28-26(29,30)17-8-6-16(7-9-17)25-12-18(25)13-36(15-25)10-3-11-37-14-21(23(39)34-24(37)40)38-20-5-2-1-4-19(20)22(35-38)27(31,32)33;;/h6-9,14,18H,1-5,10-13,15H2,(H,34,39,40);2*1H/t18-,25+;;/m0../s1. The maximum absolute atomic E-state index is 13.6. The maximum Gasteiger partial charge on any atom is 0.435 e. The van der Waals surface area contributed by atoms with Gasteiger partial charge in [0.1, 0.15) is 5.69 Å². The zero-order chi connectivity index (χ0) is 28.4. The van der Waals surface area contributed by atoms with Crippen LogP contribution in [0.1, 0.15) is 53.8 Å². The highest BCUT2D eigenvalue weighted by Gasteiger charge is 2.60. The molecule has 2 aromatic heterocycles. The number of hydrogen-bond acceptors (Lipinski definition) is 4. The van der Waals surface area contributed by atoms with Crippen molar-refractivity contribution in [1.82, 2.24) is 24.2 Å². The molecule has 3 heterocycles. The Kier molecular flexibility index (Phi) is 8.71. The van der Waals surface area contributed by atoms with Crippen molar-refractivity contribution >= 4 is 24.8 Å². The number of hydrogen-bond donors (Lipinski definition) is 1. The van der Waals surface area contributed by atoms with E-state index in [-0.39, 0.29) is 54.4 Å². The maximum atomic E-state index is 13.6. The van der Waals surface area contributed by atoms with Crippen molar-refractivity contribution in [2.75, 3.05) is 19.6 Å². The first kappa shape index (κ1) is 32.2. The molecule has 1 saturated carbocycles. The van der Waals surface area contributed by atoms with Crippen LogP contribution in [0.15, 0.2) is 40.1 Å². The van der Waals surface area contributed by atoms with Gasteiger partial charge in [-0.1, -0.05) is 12.1 Å². The first-order valence-corrected chi connectivity index (χ1v) is 13.3. The first-order valence-electron chi connectivity index (χ1n) is 13.3. The number of aromatic nitrogens is 4. The third-order valence-corrected chi connectivity index (χ3v) is 8.55. The Bertz CT molecular complexity index is 1560. The second-order valence-corrected chi connectivity index (χ2v) is 11.1. The van der Waals surface area contributed by atoms with Gasteiger partial charge in [-0.25, -0.2) is 9.48 Å². The van der Waals surface area contributed by atoms with Crippen molar-refractivity contribution in [3.8, 4) is 5.69 Å². The highest BCUT2D eigenvalue weighted by molar-refractivity contribution is 5.85. The summed E-state index contributed by atoms with van der Waals surface area (Å²) < 4.78 is 82.0. The molecule has 1 aliphatic heterocycles. The predicted octanol–water partition coefficient (Wildman–Crippen LogP) is 5.15. The van der Waals surface area contributed by atoms with Crippen LogP contribution in [-0.2, 0) is 37.2 Å². The van der Waals surface area contributed by atoms with Crippen LogP contribution < -0.4 is 11.2 Å². The Morgan fingerprint density at radius 1 is 0.952 bits per heavy atom. The van der Waals surface area contributed by atoms with E-state index in [9.17, 15) is 35.9 Å². The van der Waals surface area contributed by atoms with Crippen LogP contribution in [-0.4, -0.2) is 43.9 Å². The summed E-state index contributed by atoms with van der Waals surface area (Å²) in [6.45, 7) is 2.35. The molecule has 1 saturated heterocycles. The van der Waals surface area contributed by atoms with Crippen LogP contribution in [0.5, 0.6) is 0 Å². The van der Waals surface area contributed by atoms with Crippen molar-refractivity contribution < 1.29 is 26.3 Å². The number of likely N-dealkylation sites (tertiary alicyclic amines) is 1. The van der Waals surface area contributed by atoms with Crippen molar-refractivity contribution in [2.24, 2.45) is 5.92 Å². The van der Waals surface area contributed by atoms with E-state index in [1.807, 2.05) is 0 Å². The molecule has 1 aromatic carbocycles. The van der Waals surface area contributed by atoms with E-state index >= 15 is 0 Å². The van der Waals surface area contributed by atoms with E-state index in [0.29, 0.717) is 50.4 Å². The molecule has 2 aliphatic carbocycles. The lowest BCUT2D eigenvalue weighted by atomic mass is 9.94. The molecule has 230 valence electrons. The van der Waals surface area contributed by atoms with Crippen molar-refractivity contribution in [3.63, 3.8) is 0 Å². The molecule has 0 spiro atoms. The van der Waals surface area contributed by atoms with Crippen LogP contribution in [0.25, 0.3) is 5.69 Å². The van der Waals surface area contributed by atoms with E-state index in [1.165, 1.54) is 10.8 Å². The highest BCUT2D eigenvalue weighted by atomic mass is 35.5. The minimum Gasteiger partial charge on any atom is -0.302 e. The average molecular weight is 640 g/mol. The Balaban J connectivity index is 0.00000202. The number of piperidine rings is 1. The van der Waals surface area contributed by atoms with Crippen molar-refractivity contribution in [3.05, 3.63) is 79.4 Å². The third-order valence-electron chi connectivity index (χ3n) is 8.55. The highest BCUT2D eigenvalue weighted by Crippen LogP contribution is 2.59. The third kappa shape index (κ3) is 5.74. The Labute approximate surface area is 248 Å². The summed E-state index contributed by atoms with van der Waals surface area (Å²) in [5.41, 5.74) is -2.05. The van der Waals surface area contributed by atoms with Gasteiger partial charge in [-0.2, -0.15) is 31.4 Å². The number of aryl methyl sites for hydroxylation is 1. The topological polar surface area (TPSA) is 75.9 Å². The van der Waals surface area contributed by atoms with Gasteiger partial charge in [0.05, 0.1) is 5.56 Å². The lowest BCUT2D eigenvalue weighted by molar-refractivity contribution is -0.142. The lowest BCUT2D eigenvalue weighted by Gasteiger charge is -2.21. The van der Waals surface area contributed by atoms with Gasteiger partial charge < -0.3 is 4.90 Å². The van der Waals surface area contributed by atoms with Gasteiger partial charge in [0, 0.05) is 42.5 Å². The van der Waals surface area contributed by atoms with E-state index < -0.39 is 34.9 Å². The van der Waals surface area contributed by atoms with Crippen LogP contribution in [0, 0.1) is 5.92 Å². The number of H-pyrrole nitrogens is 1. The number of fused-ring (bicyclic) bond motifs is 2. The molecule has 2 fully saturated rings. The van der Waals surface area contributed by atoms with Crippen LogP contribution in [0.2, 0.25) is 0 Å². The number of alkyl halides is 6. The monoisotopic (exact) mass is 639 g/mol. The fraction of sp³-hybridized carbons (Fsp3) is 0.519. The molecule has 2 atom stereocenters. The van der Waals surface area contributed by atoms with Crippen LogP contribution >= 0.6 is 24.8 Å². The fourth-order valence-electron chi connectivity index (χ4n) is 6.50. The zero-order valence-electron chi connectivity index (χ0n) is 22.2. The summed E-state index contributed by atoms with van der Waals surface area (Å²) in [7, 11) is 0. The normalized spacial score (nSPS) is 21.7. The lowest BCUT2D eigenvalue weighted by Crippen LogP contribution is -2.34. The first-order chi connectivity index (χ1) is 18.9. The van der Waals surface area contributed by atoms with Gasteiger partial charge in [0.2, 0.25) is 0 Å². The molecule has 15 heteroatoms. The molecule has 7 nitrogen and oxygen atoms in total. The van der Waals surface area contributed by atoms with Gasteiger partial charge in [-0.15, -0.1) is 24.8 Å². The largest absolute Gasteiger partial charge is 0.435 e. The Morgan fingerprint density at radius 2 is 1.64 bits per heavy atom. The SMILES string of the molecule is Cl.Cl.O=c1[nH]c(=O)n(CCCN2C[C@@H]3C[C@]3(c3ccc(C(F)(F)F)cc3)C2)cc1-n1nc(C(F)(F)F)c2c1CCCC2. The zero-order valence-corrected chi connectivity index (χ0v) is 23.9. The van der Waals surface area contributed by atoms with Gasteiger partial charge in [0.25, 0.3) is 5.56 Å². The Hall–Kier alpha value is -2.77. The van der Waals surface area contributed by atoms with Gasteiger partial charge >= 0.3 is 18.0 Å². The molecule has 0 bridgehead atoms. The molecule has 0 radical (unpaired) electrons. The quantitative estimate of drug-likeness (QED) is 0.379. The van der Waals surface area contributed by atoms with Crippen molar-refractivity contribution in [1.29, 1.82) is 0 Å². The van der Waals surface area contributed by atoms with Gasteiger partial charge in [0.15, 0.2) is 5.69 Å². The molecular formula is C27H29Cl2F6N5O2. The molecule has 0 unspecified atom stereocenters. The number of rotatable bonds is 6. The van der Waals surface area contributed by atoms with E-state index in [0.717, 1.165) is 35.3 Å². The number of benzene rings is 1. The van der Waals surface area contributed by atoms with E-state index in [1.54, 1.807) is 12.1 Å². The minimum atomic E-state index is -4.65. The molecule has 3 aliphatic rings.